The van der Waals surface area contributed by atoms with E-state index in [4.69, 9.17) is 4.98 Å². The summed E-state index contributed by atoms with van der Waals surface area (Å²) < 4.78 is 2.34. The number of para-hydroxylation sites is 2. The number of rotatable bonds is 4. The third kappa shape index (κ3) is 3.92. The average Bonchev–Trinajstić information content (AvgIpc) is 3.26. The lowest BCUT2D eigenvalue weighted by atomic mass is 10.2. The lowest BCUT2D eigenvalue weighted by Crippen LogP contribution is -2.40. The van der Waals surface area contributed by atoms with E-state index in [9.17, 15) is 9.59 Å². The van der Waals surface area contributed by atoms with Crippen molar-refractivity contribution in [2.45, 2.75) is 70.1 Å². The van der Waals surface area contributed by atoms with Gasteiger partial charge >= 0.3 is 0 Å². The minimum Gasteiger partial charge on any atom is -0.324 e. The summed E-state index contributed by atoms with van der Waals surface area (Å²) in [5.41, 5.74) is 3.70. The number of anilines is 2. The summed E-state index contributed by atoms with van der Waals surface area (Å²) in [5, 5.41) is 3.85. The van der Waals surface area contributed by atoms with Gasteiger partial charge in [-0.3, -0.25) is 9.59 Å². The lowest BCUT2D eigenvalue weighted by Gasteiger charge is -2.27. The highest BCUT2D eigenvalue weighted by molar-refractivity contribution is 7.99. The number of nitrogens with zero attached hydrogens (tertiary/aromatic N) is 3. The van der Waals surface area contributed by atoms with Crippen LogP contribution in [-0.2, 0) is 9.59 Å². The number of nitrogens with one attached hydrogen (secondary N) is 1. The fourth-order valence-electron chi connectivity index (χ4n) is 4.45. The summed E-state index contributed by atoms with van der Waals surface area (Å²) in [7, 11) is 0. The second kappa shape index (κ2) is 8.22. The van der Waals surface area contributed by atoms with Gasteiger partial charge in [0.2, 0.25) is 11.8 Å². The van der Waals surface area contributed by atoms with Crippen LogP contribution in [-0.4, -0.2) is 33.2 Å². The fourth-order valence-corrected chi connectivity index (χ4v) is 5.47. The Morgan fingerprint density at radius 3 is 2.72 bits per heavy atom. The van der Waals surface area contributed by atoms with Gasteiger partial charge in [0.1, 0.15) is 0 Å². The molecule has 6 nitrogen and oxygen atoms in total. The van der Waals surface area contributed by atoms with Crippen molar-refractivity contribution in [2.75, 3.05) is 16.0 Å². The van der Waals surface area contributed by atoms with Gasteiger partial charge in [-0.2, -0.15) is 0 Å². The van der Waals surface area contributed by atoms with E-state index < -0.39 is 0 Å². The molecule has 29 heavy (non-hydrogen) atoms. The van der Waals surface area contributed by atoms with Crippen molar-refractivity contribution in [3.05, 3.63) is 35.7 Å². The number of aryl methyl sites for hydroxylation is 1. The Kier molecular flexibility index (Phi) is 5.67. The predicted octanol–water partition coefficient (Wildman–Crippen LogP) is 4.47. The van der Waals surface area contributed by atoms with Gasteiger partial charge in [0.15, 0.2) is 5.16 Å². The number of carbonyl (C=O) groups is 2. The zero-order chi connectivity index (χ0) is 20.5. The van der Waals surface area contributed by atoms with Crippen molar-refractivity contribution in [2.24, 2.45) is 0 Å². The summed E-state index contributed by atoms with van der Waals surface area (Å²) in [6.45, 7) is 6.09. The molecule has 1 fully saturated rings. The molecule has 1 atom stereocenters. The molecule has 2 aliphatic rings. The maximum absolute atomic E-state index is 13.3. The third-order valence-electron chi connectivity index (χ3n) is 6.00. The van der Waals surface area contributed by atoms with E-state index in [1.165, 1.54) is 43.1 Å². The number of imidazole rings is 1. The maximum atomic E-state index is 13.3. The van der Waals surface area contributed by atoms with Gasteiger partial charge < -0.3 is 14.8 Å². The standard InChI is InChI=1S/C22H28N4O2S/c1-14-12-20(27)24-18-10-6-7-11-19(18)25(14)21(28)13-29-22-23-15(2)16(3)26(22)17-8-4-5-9-17/h6-7,10-11,14,17H,4-5,8-9,12-13H2,1-3H3,(H,24,27). The molecule has 1 aromatic carbocycles. The number of fused-ring (bicyclic) bond motifs is 1. The number of hydrogen-bond donors (Lipinski definition) is 1. The highest BCUT2D eigenvalue weighted by Gasteiger charge is 2.30. The van der Waals surface area contributed by atoms with E-state index in [2.05, 4.69) is 16.8 Å². The van der Waals surface area contributed by atoms with Crippen molar-refractivity contribution in [1.29, 1.82) is 0 Å². The molecule has 2 amide bonds. The fraction of sp³-hybridized carbons (Fsp3) is 0.500. The molecule has 7 heteroatoms. The van der Waals surface area contributed by atoms with Crippen LogP contribution in [0.1, 0.15) is 56.5 Å². The Bertz CT molecular complexity index is 933. The van der Waals surface area contributed by atoms with Crippen molar-refractivity contribution < 1.29 is 9.59 Å². The molecular formula is C22H28N4O2S. The number of benzene rings is 1. The van der Waals surface area contributed by atoms with E-state index in [1.807, 2.05) is 38.1 Å². The summed E-state index contributed by atoms with van der Waals surface area (Å²) in [6, 6.07) is 7.82. The van der Waals surface area contributed by atoms with Crippen molar-refractivity contribution in [3.63, 3.8) is 0 Å². The van der Waals surface area contributed by atoms with E-state index in [1.54, 1.807) is 4.90 Å². The van der Waals surface area contributed by atoms with Crippen LogP contribution in [0.5, 0.6) is 0 Å². The summed E-state index contributed by atoms with van der Waals surface area (Å²) >= 11 is 1.51. The minimum absolute atomic E-state index is 0.00253. The highest BCUT2D eigenvalue weighted by atomic mass is 32.2. The molecule has 0 saturated heterocycles. The Labute approximate surface area is 176 Å². The quantitative estimate of drug-likeness (QED) is 0.753. The summed E-state index contributed by atoms with van der Waals surface area (Å²) in [5.74, 6) is 0.244. The maximum Gasteiger partial charge on any atom is 0.237 e. The molecular weight excluding hydrogens is 384 g/mol. The zero-order valence-electron chi connectivity index (χ0n) is 17.3. The summed E-state index contributed by atoms with van der Waals surface area (Å²) in [4.78, 5) is 31.9. The Hall–Kier alpha value is -2.28. The first-order chi connectivity index (χ1) is 14.0. The molecule has 2 heterocycles. The van der Waals surface area contributed by atoms with Crippen molar-refractivity contribution in [3.8, 4) is 0 Å². The molecule has 1 saturated carbocycles. The van der Waals surface area contributed by atoms with Crippen LogP contribution in [0, 0.1) is 13.8 Å². The highest BCUT2D eigenvalue weighted by Crippen LogP contribution is 2.36. The van der Waals surface area contributed by atoms with Gasteiger partial charge in [-0.15, -0.1) is 0 Å². The van der Waals surface area contributed by atoms with Crippen LogP contribution < -0.4 is 10.2 Å². The van der Waals surface area contributed by atoms with Gasteiger partial charge in [0.25, 0.3) is 0 Å². The molecule has 4 rings (SSSR count). The average molecular weight is 413 g/mol. The monoisotopic (exact) mass is 412 g/mol. The van der Waals surface area contributed by atoms with Crippen LogP contribution in [0.25, 0.3) is 0 Å². The van der Waals surface area contributed by atoms with E-state index in [-0.39, 0.29) is 17.9 Å². The normalized spacial score (nSPS) is 19.8. The Balaban J connectivity index is 1.56. The molecule has 154 valence electrons. The molecule has 1 aromatic heterocycles. The Morgan fingerprint density at radius 2 is 1.97 bits per heavy atom. The molecule has 0 bridgehead atoms. The van der Waals surface area contributed by atoms with Gasteiger partial charge in [-0.1, -0.05) is 36.7 Å². The number of hydrogen-bond acceptors (Lipinski definition) is 4. The smallest absolute Gasteiger partial charge is 0.237 e. The van der Waals surface area contributed by atoms with E-state index >= 15 is 0 Å². The van der Waals surface area contributed by atoms with E-state index in [0.717, 1.165) is 16.5 Å². The van der Waals surface area contributed by atoms with Gasteiger partial charge in [0.05, 0.1) is 22.8 Å². The first-order valence-electron chi connectivity index (χ1n) is 10.3. The van der Waals surface area contributed by atoms with Crippen LogP contribution in [0.2, 0.25) is 0 Å². The van der Waals surface area contributed by atoms with Crippen molar-refractivity contribution in [1.82, 2.24) is 9.55 Å². The third-order valence-corrected chi connectivity index (χ3v) is 6.93. The molecule has 0 spiro atoms. The lowest BCUT2D eigenvalue weighted by molar-refractivity contribution is -0.117. The molecule has 1 aliphatic heterocycles. The predicted molar refractivity (Wildman–Crippen MR) is 117 cm³/mol. The second-order valence-corrected chi connectivity index (χ2v) is 8.99. The van der Waals surface area contributed by atoms with Gasteiger partial charge in [-0.05, 0) is 45.7 Å². The first-order valence-corrected chi connectivity index (χ1v) is 11.3. The SMILES string of the molecule is Cc1nc(SCC(=O)N2c3ccccc3NC(=O)CC2C)n(C2CCCC2)c1C. The number of aromatic nitrogens is 2. The number of amides is 2. The molecule has 0 radical (unpaired) electrons. The van der Waals surface area contributed by atoms with Crippen LogP contribution >= 0.6 is 11.8 Å². The molecule has 1 N–H and O–H groups in total. The summed E-state index contributed by atoms with van der Waals surface area (Å²) in [6.07, 6.45) is 5.17. The minimum atomic E-state index is -0.190. The number of carbonyl (C=O) groups excluding carboxylic acids is 2. The van der Waals surface area contributed by atoms with Gasteiger partial charge in [0, 0.05) is 24.2 Å². The van der Waals surface area contributed by atoms with Gasteiger partial charge in [-0.25, -0.2) is 4.98 Å². The number of thioether (sulfide) groups is 1. The van der Waals surface area contributed by atoms with Crippen molar-refractivity contribution >= 4 is 35.0 Å². The van der Waals surface area contributed by atoms with Crippen LogP contribution in [0.15, 0.2) is 29.4 Å². The molecule has 2 aromatic rings. The topological polar surface area (TPSA) is 67.2 Å². The first kappa shape index (κ1) is 20.0. The van der Waals surface area contributed by atoms with E-state index in [0.29, 0.717) is 23.9 Å². The Morgan fingerprint density at radius 1 is 1.24 bits per heavy atom. The van der Waals surface area contributed by atoms with Crippen LogP contribution in [0.4, 0.5) is 11.4 Å². The second-order valence-electron chi connectivity index (χ2n) is 8.04. The molecule has 1 unspecified atom stereocenters. The molecule has 1 aliphatic carbocycles. The van der Waals surface area contributed by atoms with Crippen LogP contribution in [0.3, 0.4) is 0 Å². The zero-order valence-corrected chi connectivity index (χ0v) is 18.1. The largest absolute Gasteiger partial charge is 0.324 e.